The summed E-state index contributed by atoms with van der Waals surface area (Å²) in [4.78, 5) is 18.7. The van der Waals surface area contributed by atoms with Crippen LogP contribution in [-0.4, -0.2) is 75.8 Å². The van der Waals surface area contributed by atoms with Gasteiger partial charge in [-0.1, -0.05) is 34.6 Å². The molecular weight excluding hydrogens is 330 g/mol. The fourth-order valence-corrected chi connectivity index (χ4v) is 2.91. The fraction of sp³-hybridized carbons (Fsp3) is 0.895. The first-order valence-corrected chi connectivity index (χ1v) is 9.78. The fourth-order valence-electron chi connectivity index (χ4n) is 2.91. The highest BCUT2D eigenvalue weighted by Crippen LogP contribution is 2.13. The quantitative estimate of drug-likeness (QED) is 0.339. The number of hydrogen-bond acceptors (Lipinski definition) is 4. The largest absolute Gasteiger partial charge is 0.379 e. The Hall–Kier alpha value is -1.34. The van der Waals surface area contributed by atoms with Crippen LogP contribution in [-0.2, 0) is 9.53 Å². The average molecular weight is 370 g/mol. The molecule has 1 aliphatic heterocycles. The molecule has 0 aromatic rings. The molecule has 1 unspecified atom stereocenters. The van der Waals surface area contributed by atoms with Crippen LogP contribution in [0.4, 0.5) is 0 Å². The van der Waals surface area contributed by atoms with Crippen molar-refractivity contribution in [1.29, 1.82) is 0 Å². The van der Waals surface area contributed by atoms with E-state index in [1.165, 1.54) is 0 Å². The molecule has 1 amide bonds. The molecule has 1 saturated heterocycles. The van der Waals surface area contributed by atoms with Crippen molar-refractivity contribution in [1.82, 2.24) is 20.9 Å². The number of nitrogens with zero attached hydrogens (tertiary/aromatic N) is 2. The number of carbonyl (C=O) groups excluding carboxylic acids is 1. The van der Waals surface area contributed by atoms with Crippen LogP contribution < -0.4 is 16.0 Å². The molecular formula is C19H39N5O2. The van der Waals surface area contributed by atoms with Crippen molar-refractivity contribution in [2.45, 2.75) is 47.1 Å². The average Bonchev–Trinajstić information content (AvgIpc) is 2.59. The number of ether oxygens (including phenoxy) is 1. The van der Waals surface area contributed by atoms with Gasteiger partial charge in [-0.2, -0.15) is 0 Å². The number of aliphatic imine (C=N–C) groups is 1. The Morgan fingerprint density at radius 1 is 1.12 bits per heavy atom. The van der Waals surface area contributed by atoms with Crippen LogP contribution in [0.2, 0.25) is 0 Å². The van der Waals surface area contributed by atoms with Crippen molar-refractivity contribution in [2.75, 3.05) is 53.0 Å². The molecule has 7 nitrogen and oxygen atoms in total. The molecule has 3 N–H and O–H groups in total. The summed E-state index contributed by atoms with van der Waals surface area (Å²) in [5, 5.41) is 9.64. The topological polar surface area (TPSA) is 78.0 Å². The number of nitrogens with one attached hydrogen (secondary N) is 3. The summed E-state index contributed by atoms with van der Waals surface area (Å²) < 4.78 is 5.48. The van der Waals surface area contributed by atoms with E-state index in [4.69, 9.17) is 4.74 Å². The third kappa shape index (κ3) is 8.85. The second-order valence-corrected chi connectivity index (χ2v) is 8.32. The van der Waals surface area contributed by atoms with Crippen LogP contribution in [0.5, 0.6) is 0 Å². The summed E-state index contributed by atoms with van der Waals surface area (Å²) in [6.07, 6.45) is 1.14. The smallest absolute Gasteiger partial charge is 0.225 e. The Morgan fingerprint density at radius 3 is 2.27 bits per heavy atom. The van der Waals surface area contributed by atoms with Gasteiger partial charge in [0, 0.05) is 51.2 Å². The van der Waals surface area contributed by atoms with Gasteiger partial charge in [-0.3, -0.25) is 14.7 Å². The van der Waals surface area contributed by atoms with Crippen molar-refractivity contribution in [2.24, 2.45) is 16.3 Å². The number of amides is 1. The van der Waals surface area contributed by atoms with E-state index in [1.807, 2.05) is 20.8 Å². The Labute approximate surface area is 159 Å². The van der Waals surface area contributed by atoms with Crippen molar-refractivity contribution >= 4 is 11.9 Å². The van der Waals surface area contributed by atoms with Crippen LogP contribution in [0.25, 0.3) is 0 Å². The first-order valence-electron chi connectivity index (χ1n) is 9.78. The minimum atomic E-state index is -0.359. The predicted octanol–water partition coefficient (Wildman–Crippen LogP) is 1.06. The van der Waals surface area contributed by atoms with E-state index < -0.39 is 0 Å². The van der Waals surface area contributed by atoms with Gasteiger partial charge in [-0.15, -0.1) is 0 Å². The van der Waals surface area contributed by atoms with Gasteiger partial charge in [0.15, 0.2) is 5.96 Å². The molecule has 0 radical (unpaired) electrons. The zero-order chi connectivity index (χ0) is 19.6. The summed E-state index contributed by atoms with van der Waals surface area (Å²) in [5.74, 6) is 1.48. The van der Waals surface area contributed by atoms with Gasteiger partial charge in [-0.25, -0.2) is 0 Å². The Balaban J connectivity index is 2.38. The zero-order valence-corrected chi connectivity index (χ0v) is 17.5. The number of rotatable bonds is 8. The van der Waals surface area contributed by atoms with Gasteiger partial charge < -0.3 is 20.7 Å². The molecule has 152 valence electrons. The van der Waals surface area contributed by atoms with E-state index in [0.717, 1.165) is 45.2 Å². The molecule has 1 heterocycles. The van der Waals surface area contributed by atoms with Crippen molar-refractivity contribution in [3.05, 3.63) is 0 Å². The summed E-state index contributed by atoms with van der Waals surface area (Å²) in [5.41, 5.74) is -0.359. The van der Waals surface area contributed by atoms with Gasteiger partial charge in [0.2, 0.25) is 5.91 Å². The van der Waals surface area contributed by atoms with Crippen molar-refractivity contribution in [3.8, 4) is 0 Å². The van der Waals surface area contributed by atoms with E-state index in [-0.39, 0.29) is 11.3 Å². The van der Waals surface area contributed by atoms with Gasteiger partial charge in [0.05, 0.1) is 13.2 Å². The second-order valence-electron chi connectivity index (χ2n) is 8.32. The number of morpholine rings is 1. The third-order valence-corrected chi connectivity index (χ3v) is 4.42. The van der Waals surface area contributed by atoms with Crippen molar-refractivity contribution in [3.63, 3.8) is 0 Å². The second kappa shape index (κ2) is 11.4. The Morgan fingerprint density at radius 2 is 1.73 bits per heavy atom. The minimum absolute atomic E-state index is 0.0616. The highest BCUT2D eigenvalue weighted by Gasteiger charge is 2.22. The first-order chi connectivity index (χ1) is 12.2. The van der Waals surface area contributed by atoms with Gasteiger partial charge in [-0.05, 0) is 12.3 Å². The van der Waals surface area contributed by atoms with Gasteiger partial charge in [0.25, 0.3) is 0 Å². The lowest BCUT2D eigenvalue weighted by molar-refractivity contribution is -0.128. The number of guanidine groups is 1. The summed E-state index contributed by atoms with van der Waals surface area (Å²) in [7, 11) is 1.77. The number of carbonyl (C=O) groups is 1. The summed E-state index contributed by atoms with van der Waals surface area (Å²) >= 11 is 0. The molecule has 0 aromatic heterocycles. The SMILES string of the molecule is CN=C(NCCNC(=O)C(C)(C)C)NCC(CC(C)C)N1CCOCC1. The first kappa shape index (κ1) is 22.7. The molecule has 0 aromatic carbocycles. The summed E-state index contributed by atoms with van der Waals surface area (Å²) in [6.45, 7) is 16.0. The van der Waals surface area contributed by atoms with Crippen LogP contribution in [0.1, 0.15) is 41.0 Å². The normalized spacial score (nSPS) is 17.9. The Bertz CT molecular complexity index is 440. The zero-order valence-electron chi connectivity index (χ0n) is 17.5. The summed E-state index contributed by atoms with van der Waals surface area (Å²) in [6, 6.07) is 0.470. The molecule has 1 aliphatic rings. The molecule has 0 spiro atoms. The Kier molecular flexibility index (Phi) is 9.94. The highest BCUT2D eigenvalue weighted by molar-refractivity contribution is 5.81. The third-order valence-electron chi connectivity index (χ3n) is 4.42. The van der Waals surface area contributed by atoms with Gasteiger partial charge >= 0.3 is 0 Å². The van der Waals surface area contributed by atoms with E-state index in [1.54, 1.807) is 7.05 Å². The standard InChI is InChI=1S/C19H39N5O2/c1-15(2)13-16(24-9-11-26-12-10-24)14-23-18(20-6)22-8-7-21-17(25)19(3,4)5/h15-16H,7-14H2,1-6H3,(H,21,25)(H2,20,22,23). The molecule has 0 aliphatic carbocycles. The van der Waals surface area contributed by atoms with Crippen LogP contribution in [0.3, 0.4) is 0 Å². The van der Waals surface area contributed by atoms with Crippen molar-refractivity contribution < 1.29 is 9.53 Å². The maximum absolute atomic E-state index is 11.9. The van der Waals surface area contributed by atoms with Crippen LogP contribution >= 0.6 is 0 Å². The molecule has 0 bridgehead atoms. The van der Waals surface area contributed by atoms with E-state index >= 15 is 0 Å². The lowest BCUT2D eigenvalue weighted by atomic mass is 9.96. The molecule has 0 saturated carbocycles. The number of hydrogen-bond donors (Lipinski definition) is 3. The van der Waals surface area contributed by atoms with Gasteiger partial charge in [0.1, 0.15) is 0 Å². The lowest BCUT2D eigenvalue weighted by Gasteiger charge is -2.35. The van der Waals surface area contributed by atoms with E-state index in [0.29, 0.717) is 25.0 Å². The molecule has 1 rings (SSSR count). The lowest BCUT2D eigenvalue weighted by Crippen LogP contribution is -2.51. The van der Waals surface area contributed by atoms with E-state index in [9.17, 15) is 4.79 Å². The van der Waals surface area contributed by atoms with E-state index in [2.05, 4.69) is 39.7 Å². The molecule has 7 heteroatoms. The van der Waals surface area contributed by atoms with Crippen LogP contribution in [0.15, 0.2) is 4.99 Å². The monoisotopic (exact) mass is 369 g/mol. The minimum Gasteiger partial charge on any atom is -0.379 e. The molecule has 1 fully saturated rings. The maximum atomic E-state index is 11.9. The molecule has 1 atom stereocenters. The predicted molar refractivity (Wildman–Crippen MR) is 107 cm³/mol. The van der Waals surface area contributed by atoms with Crippen LogP contribution in [0, 0.1) is 11.3 Å². The molecule has 26 heavy (non-hydrogen) atoms. The maximum Gasteiger partial charge on any atom is 0.225 e. The highest BCUT2D eigenvalue weighted by atomic mass is 16.5.